The number of hydrogen-bond donors (Lipinski definition) is 1. The summed E-state index contributed by atoms with van der Waals surface area (Å²) in [5.41, 5.74) is 6.99. The third-order valence-corrected chi connectivity index (χ3v) is 2.72. The van der Waals surface area contributed by atoms with Crippen LogP contribution in [0.2, 0.25) is 0 Å². The molecule has 4 heteroatoms. The minimum absolute atomic E-state index is 0.186. The van der Waals surface area contributed by atoms with Crippen molar-refractivity contribution in [1.82, 2.24) is 4.90 Å². The molecule has 3 nitrogen and oxygen atoms in total. The lowest BCUT2D eigenvalue weighted by Crippen LogP contribution is -2.24. The Morgan fingerprint density at radius 3 is 2.67 bits per heavy atom. The Morgan fingerprint density at radius 2 is 2.11 bits per heavy atom. The van der Waals surface area contributed by atoms with Crippen LogP contribution in [0, 0.1) is 5.82 Å². The molecule has 0 saturated heterocycles. The van der Waals surface area contributed by atoms with E-state index in [1.807, 2.05) is 31.9 Å². The van der Waals surface area contributed by atoms with E-state index in [-0.39, 0.29) is 11.9 Å². The number of nitrogens with zero attached hydrogens (tertiary/aromatic N) is 1. The second kappa shape index (κ2) is 7.46. The van der Waals surface area contributed by atoms with E-state index in [4.69, 9.17) is 10.5 Å². The van der Waals surface area contributed by atoms with Gasteiger partial charge in [0.2, 0.25) is 0 Å². The largest absolute Gasteiger partial charge is 0.377 e. The average molecular weight is 254 g/mol. The molecule has 0 atom stereocenters. The lowest BCUT2D eigenvalue weighted by Gasteiger charge is -2.18. The van der Waals surface area contributed by atoms with Crippen molar-refractivity contribution < 1.29 is 9.13 Å². The summed E-state index contributed by atoms with van der Waals surface area (Å²) < 4.78 is 19.2. The fourth-order valence-corrected chi connectivity index (χ4v) is 1.66. The second-order valence-electron chi connectivity index (χ2n) is 4.79. The molecule has 0 radical (unpaired) electrons. The van der Waals surface area contributed by atoms with Gasteiger partial charge in [0.25, 0.3) is 0 Å². The molecule has 0 amide bonds. The van der Waals surface area contributed by atoms with E-state index in [2.05, 4.69) is 0 Å². The molecule has 0 aliphatic rings. The molecule has 0 saturated carbocycles. The van der Waals surface area contributed by atoms with Crippen molar-refractivity contribution in [3.05, 3.63) is 35.1 Å². The Bertz CT molecular complexity index is 369. The van der Waals surface area contributed by atoms with Crippen molar-refractivity contribution in [2.75, 3.05) is 20.2 Å². The van der Waals surface area contributed by atoms with Crippen LogP contribution < -0.4 is 5.73 Å². The van der Waals surface area contributed by atoms with Crippen LogP contribution in [-0.2, 0) is 17.8 Å². The Morgan fingerprint density at radius 1 is 1.39 bits per heavy atom. The van der Waals surface area contributed by atoms with Gasteiger partial charge in [-0.25, -0.2) is 4.39 Å². The standard InChI is InChI=1S/C14H23FN2O/c1-11(2)18-7-6-17(3)10-13-5-4-12(9-16)8-14(13)15/h4-5,8,11H,6-7,9-10,16H2,1-3H3. The zero-order valence-electron chi connectivity index (χ0n) is 11.4. The van der Waals surface area contributed by atoms with Crippen molar-refractivity contribution in [2.24, 2.45) is 5.73 Å². The quantitative estimate of drug-likeness (QED) is 0.810. The number of likely N-dealkylation sites (N-methyl/N-ethyl adjacent to an activating group) is 1. The summed E-state index contributed by atoms with van der Waals surface area (Å²) in [7, 11) is 1.96. The minimum Gasteiger partial charge on any atom is -0.377 e. The molecule has 18 heavy (non-hydrogen) atoms. The van der Waals surface area contributed by atoms with Gasteiger partial charge < -0.3 is 10.5 Å². The van der Waals surface area contributed by atoms with Gasteiger partial charge in [-0.15, -0.1) is 0 Å². The lowest BCUT2D eigenvalue weighted by molar-refractivity contribution is 0.0625. The van der Waals surface area contributed by atoms with Crippen LogP contribution >= 0.6 is 0 Å². The summed E-state index contributed by atoms with van der Waals surface area (Å²) in [4.78, 5) is 2.04. The second-order valence-corrected chi connectivity index (χ2v) is 4.79. The SMILES string of the molecule is CC(C)OCCN(C)Cc1ccc(CN)cc1F. The Labute approximate surface area is 109 Å². The van der Waals surface area contributed by atoms with Gasteiger partial charge >= 0.3 is 0 Å². The number of rotatable bonds is 7. The van der Waals surface area contributed by atoms with Gasteiger partial charge in [0.15, 0.2) is 0 Å². The van der Waals surface area contributed by atoms with Crippen LogP contribution in [-0.4, -0.2) is 31.2 Å². The molecule has 0 spiro atoms. The summed E-state index contributed by atoms with van der Waals surface area (Å²) in [6.07, 6.45) is 0.235. The highest BCUT2D eigenvalue weighted by Gasteiger charge is 2.06. The van der Waals surface area contributed by atoms with Crippen LogP contribution in [0.1, 0.15) is 25.0 Å². The minimum atomic E-state index is -0.186. The summed E-state index contributed by atoms with van der Waals surface area (Å²) in [6, 6.07) is 5.18. The van der Waals surface area contributed by atoms with Gasteiger partial charge in [-0.1, -0.05) is 12.1 Å². The van der Waals surface area contributed by atoms with Crippen molar-refractivity contribution in [2.45, 2.75) is 33.0 Å². The molecular formula is C14H23FN2O. The molecule has 2 N–H and O–H groups in total. The highest BCUT2D eigenvalue weighted by molar-refractivity contribution is 5.24. The maximum Gasteiger partial charge on any atom is 0.128 e. The fraction of sp³-hybridized carbons (Fsp3) is 0.571. The first-order valence-corrected chi connectivity index (χ1v) is 6.30. The number of halogens is 1. The molecular weight excluding hydrogens is 231 g/mol. The first-order valence-electron chi connectivity index (χ1n) is 6.30. The van der Waals surface area contributed by atoms with E-state index in [1.165, 1.54) is 6.07 Å². The van der Waals surface area contributed by atoms with Crippen LogP contribution in [0.3, 0.4) is 0 Å². The molecule has 0 heterocycles. The van der Waals surface area contributed by atoms with Gasteiger partial charge in [0.1, 0.15) is 5.82 Å². The molecule has 1 aromatic rings. The maximum absolute atomic E-state index is 13.7. The van der Waals surface area contributed by atoms with Crippen molar-refractivity contribution >= 4 is 0 Å². The predicted octanol–water partition coefficient (Wildman–Crippen LogP) is 2.14. The Kier molecular flexibility index (Phi) is 6.25. The molecule has 0 aromatic heterocycles. The van der Waals surface area contributed by atoms with E-state index < -0.39 is 0 Å². The smallest absolute Gasteiger partial charge is 0.128 e. The van der Waals surface area contributed by atoms with Crippen molar-refractivity contribution in [1.29, 1.82) is 0 Å². The number of hydrogen-bond acceptors (Lipinski definition) is 3. The van der Waals surface area contributed by atoms with E-state index in [9.17, 15) is 4.39 Å². The Hall–Kier alpha value is -0.970. The molecule has 0 fully saturated rings. The summed E-state index contributed by atoms with van der Waals surface area (Å²) in [5.74, 6) is -0.186. The fourth-order valence-electron chi connectivity index (χ4n) is 1.66. The molecule has 0 unspecified atom stereocenters. The summed E-state index contributed by atoms with van der Waals surface area (Å²) in [5, 5.41) is 0. The highest BCUT2D eigenvalue weighted by Crippen LogP contribution is 2.12. The maximum atomic E-state index is 13.7. The van der Waals surface area contributed by atoms with E-state index >= 15 is 0 Å². The van der Waals surface area contributed by atoms with Gasteiger partial charge in [-0.3, -0.25) is 4.90 Å². The summed E-state index contributed by atoms with van der Waals surface area (Å²) >= 11 is 0. The zero-order chi connectivity index (χ0) is 13.5. The predicted molar refractivity (Wildman–Crippen MR) is 71.7 cm³/mol. The molecule has 0 aliphatic carbocycles. The van der Waals surface area contributed by atoms with E-state index in [0.717, 1.165) is 12.1 Å². The number of benzene rings is 1. The van der Waals surface area contributed by atoms with E-state index in [1.54, 1.807) is 6.07 Å². The third-order valence-electron chi connectivity index (χ3n) is 2.72. The normalized spacial score (nSPS) is 11.5. The zero-order valence-corrected chi connectivity index (χ0v) is 11.4. The first-order chi connectivity index (χ1) is 8.52. The molecule has 1 aromatic carbocycles. The van der Waals surface area contributed by atoms with Gasteiger partial charge in [-0.05, 0) is 32.5 Å². The van der Waals surface area contributed by atoms with Crippen LogP contribution in [0.5, 0.6) is 0 Å². The van der Waals surface area contributed by atoms with Gasteiger partial charge in [0, 0.05) is 25.2 Å². The lowest BCUT2D eigenvalue weighted by atomic mass is 10.1. The van der Waals surface area contributed by atoms with Crippen LogP contribution in [0.15, 0.2) is 18.2 Å². The molecule has 0 aliphatic heterocycles. The monoisotopic (exact) mass is 254 g/mol. The van der Waals surface area contributed by atoms with Gasteiger partial charge in [0.05, 0.1) is 12.7 Å². The third kappa shape index (κ3) is 5.12. The Balaban J connectivity index is 2.46. The van der Waals surface area contributed by atoms with Crippen molar-refractivity contribution in [3.63, 3.8) is 0 Å². The van der Waals surface area contributed by atoms with Crippen LogP contribution in [0.25, 0.3) is 0 Å². The first kappa shape index (κ1) is 15.1. The average Bonchev–Trinajstić information content (AvgIpc) is 2.31. The number of ether oxygens (including phenoxy) is 1. The molecule has 102 valence electrons. The van der Waals surface area contributed by atoms with Crippen LogP contribution in [0.4, 0.5) is 4.39 Å². The molecule has 1 rings (SSSR count). The highest BCUT2D eigenvalue weighted by atomic mass is 19.1. The van der Waals surface area contributed by atoms with Gasteiger partial charge in [-0.2, -0.15) is 0 Å². The molecule has 0 bridgehead atoms. The van der Waals surface area contributed by atoms with E-state index in [0.29, 0.717) is 25.3 Å². The number of nitrogens with two attached hydrogens (primary N) is 1. The summed E-state index contributed by atoms with van der Waals surface area (Å²) in [6.45, 7) is 6.41. The van der Waals surface area contributed by atoms with Crippen molar-refractivity contribution in [3.8, 4) is 0 Å². The topological polar surface area (TPSA) is 38.5 Å².